The van der Waals surface area contributed by atoms with Crippen LogP contribution in [0.2, 0.25) is 5.02 Å². The van der Waals surface area contributed by atoms with Gasteiger partial charge in [-0.2, -0.15) is 0 Å². The second kappa shape index (κ2) is 6.54. The maximum atomic E-state index is 11.6. The van der Waals surface area contributed by atoms with Crippen LogP contribution in [-0.4, -0.2) is 11.9 Å². The summed E-state index contributed by atoms with van der Waals surface area (Å²) in [5, 5.41) is 3.67. The second-order valence-corrected chi connectivity index (χ2v) is 4.50. The molecule has 1 aromatic carbocycles. The Morgan fingerprint density at radius 1 is 1.38 bits per heavy atom. The van der Waals surface area contributed by atoms with Gasteiger partial charge in [0.1, 0.15) is 0 Å². The highest BCUT2D eigenvalue weighted by atomic mass is 35.5. The molecule has 1 rings (SSSR count). The van der Waals surface area contributed by atoms with Gasteiger partial charge in [-0.25, -0.2) is 0 Å². The SMILES string of the molecule is CCCC(C)NC(=O)Cc1ccc(Cl)cc1. The van der Waals surface area contributed by atoms with Crippen molar-refractivity contribution in [3.05, 3.63) is 34.9 Å². The highest BCUT2D eigenvalue weighted by Crippen LogP contribution is 2.10. The molecule has 0 aliphatic rings. The molecule has 0 saturated carbocycles. The molecule has 0 bridgehead atoms. The summed E-state index contributed by atoms with van der Waals surface area (Å²) in [6.45, 7) is 4.14. The van der Waals surface area contributed by atoms with E-state index in [-0.39, 0.29) is 11.9 Å². The second-order valence-electron chi connectivity index (χ2n) is 4.06. The van der Waals surface area contributed by atoms with Crippen molar-refractivity contribution in [2.45, 2.75) is 39.2 Å². The minimum absolute atomic E-state index is 0.0725. The van der Waals surface area contributed by atoms with E-state index >= 15 is 0 Å². The van der Waals surface area contributed by atoms with Crippen molar-refractivity contribution in [2.75, 3.05) is 0 Å². The van der Waals surface area contributed by atoms with Crippen molar-refractivity contribution >= 4 is 17.5 Å². The van der Waals surface area contributed by atoms with Gasteiger partial charge in [0.2, 0.25) is 5.91 Å². The summed E-state index contributed by atoms with van der Waals surface area (Å²) >= 11 is 5.77. The molecular formula is C13H18ClNO. The quantitative estimate of drug-likeness (QED) is 0.840. The largest absolute Gasteiger partial charge is 0.353 e. The van der Waals surface area contributed by atoms with Gasteiger partial charge in [-0.3, -0.25) is 4.79 Å². The standard InChI is InChI=1S/C13H18ClNO/c1-3-4-10(2)15-13(16)9-11-5-7-12(14)8-6-11/h5-8,10H,3-4,9H2,1-2H3,(H,15,16). The van der Waals surface area contributed by atoms with Gasteiger partial charge in [-0.15, -0.1) is 0 Å². The number of hydrogen-bond acceptors (Lipinski definition) is 1. The van der Waals surface area contributed by atoms with Crippen LogP contribution in [0.5, 0.6) is 0 Å². The van der Waals surface area contributed by atoms with Gasteiger partial charge >= 0.3 is 0 Å². The molecular weight excluding hydrogens is 222 g/mol. The maximum Gasteiger partial charge on any atom is 0.224 e. The zero-order valence-electron chi connectivity index (χ0n) is 9.79. The van der Waals surface area contributed by atoms with Crippen LogP contribution in [0.25, 0.3) is 0 Å². The van der Waals surface area contributed by atoms with Crippen LogP contribution < -0.4 is 5.32 Å². The molecule has 1 aromatic rings. The Balaban J connectivity index is 2.42. The third-order valence-electron chi connectivity index (χ3n) is 2.41. The first-order valence-corrected chi connectivity index (χ1v) is 6.03. The molecule has 0 spiro atoms. The van der Waals surface area contributed by atoms with E-state index in [1.165, 1.54) is 0 Å². The molecule has 0 aliphatic heterocycles. The third-order valence-corrected chi connectivity index (χ3v) is 2.66. The monoisotopic (exact) mass is 239 g/mol. The number of carbonyl (C=O) groups is 1. The number of carbonyl (C=O) groups excluding carboxylic acids is 1. The van der Waals surface area contributed by atoms with Crippen molar-refractivity contribution < 1.29 is 4.79 Å². The number of rotatable bonds is 5. The molecule has 0 aromatic heterocycles. The Kier molecular flexibility index (Phi) is 5.33. The lowest BCUT2D eigenvalue weighted by Crippen LogP contribution is -2.33. The fourth-order valence-corrected chi connectivity index (χ4v) is 1.74. The minimum atomic E-state index is 0.0725. The molecule has 0 heterocycles. The molecule has 2 nitrogen and oxygen atoms in total. The van der Waals surface area contributed by atoms with E-state index in [2.05, 4.69) is 12.2 Å². The first-order chi connectivity index (χ1) is 7.61. The number of hydrogen-bond donors (Lipinski definition) is 1. The van der Waals surface area contributed by atoms with Gasteiger partial charge in [0.05, 0.1) is 6.42 Å². The summed E-state index contributed by atoms with van der Waals surface area (Å²) in [6.07, 6.45) is 2.53. The summed E-state index contributed by atoms with van der Waals surface area (Å²) in [7, 11) is 0. The topological polar surface area (TPSA) is 29.1 Å². The Labute approximate surface area is 102 Å². The number of amides is 1. The summed E-state index contributed by atoms with van der Waals surface area (Å²) in [4.78, 5) is 11.6. The van der Waals surface area contributed by atoms with Crippen molar-refractivity contribution in [3.63, 3.8) is 0 Å². The molecule has 16 heavy (non-hydrogen) atoms. The summed E-state index contributed by atoms with van der Waals surface area (Å²) < 4.78 is 0. The molecule has 88 valence electrons. The molecule has 0 fully saturated rings. The fourth-order valence-electron chi connectivity index (χ4n) is 1.62. The summed E-state index contributed by atoms with van der Waals surface area (Å²) in [6, 6.07) is 7.63. The van der Waals surface area contributed by atoms with Gasteiger partial charge < -0.3 is 5.32 Å². The Morgan fingerprint density at radius 3 is 2.56 bits per heavy atom. The lowest BCUT2D eigenvalue weighted by Gasteiger charge is -2.12. The number of benzene rings is 1. The van der Waals surface area contributed by atoms with Gasteiger partial charge in [0, 0.05) is 11.1 Å². The fraction of sp³-hybridized carbons (Fsp3) is 0.462. The highest BCUT2D eigenvalue weighted by Gasteiger charge is 2.07. The van der Waals surface area contributed by atoms with Crippen LogP contribution in [0.4, 0.5) is 0 Å². The lowest BCUT2D eigenvalue weighted by molar-refractivity contribution is -0.121. The average Bonchev–Trinajstić information content (AvgIpc) is 2.21. The van der Waals surface area contributed by atoms with E-state index < -0.39 is 0 Å². The molecule has 1 unspecified atom stereocenters. The van der Waals surface area contributed by atoms with Crippen molar-refractivity contribution in [2.24, 2.45) is 0 Å². The van der Waals surface area contributed by atoms with E-state index in [9.17, 15) is 4.79 Å². The first-order valence-electron chi connectivity index (χ1n) is 5.65. The van der Waals surface area contributed by atoms with Crippen LogP contribution in [0, 0.1) is 0 Å². The predicted octanol–water partition coefficient (Wildman–Crippen LogP) is 3.19. The molecule has 0 radical (unpaired) electrons. The molecule has 0 aliphatic carbocycles. The van der Waals surface area contributed by atoms with E-state index in [1.54, 1.807) is 12.1 Å². The maximum absolute atomic E-state index is 11.6. The molecule has 1 amide bonds. The average molecular weight is 240 g/mol. The Hall–Kier alpha value is -1.02. The van der Waals surface area contributed by atoms with Gasteiger partial charge in [0.25, 0.3) is 0 Å². The zero-order valence-corrected chi connectivity index (χ0v) is 10.6. The van der Waals surface area contributed by atoms with Gasteiger partial charge in [-0.05, 0) is 31.0 Å². The summed E-state index contributed by atoms with van der Waals surface area (Å²) in [5.74, 6) is 0.0725. The highest BCUT2D eigenvalue weighted by molar-refractivity contribution is 6.30. The summed E-state index contributed by atoms with van der Waals surface area (Å²) in [5.41, 5.74) is 0.991. The number of halogens is 1. The first kappa shape index (κ1) is 13.0. The molecule has 3 heteroatoms. The van der Waals surface area contributed by atoms with E-state index in [0.717, 1.165) is 18.4 Å². The van der Waals surface area contributed by atoms with Crippen LogP contribution in [0.1, 0.15) is 32.3 Å². The van der Waals surface area contributed by atoms with Crippen molar-refractivity contribution in [1.29, 1.82) is 0 Å². The van der Waals surface area contributed by atoms with Crippen LogP contribution >= 0.6 is 11.6 Å². The van der Waals surface area contributed by atoms with Gasteiger partial charge in [0.15, 0.2) is 0 Å². The molecule has 1 N–H and O–H groups in total. The Bertz CT molecular complexity index is 334. The predicted molar refractivity (Wildman–Crippen MR) is 67.7 cm³/mol. The minimum Gasteiger partial charge on any atom is -0.353 e. The van der Waals surface area contributed by atoms with E-state index in [4.69, 9.17) is 11.6 Å². The Morgan fingerprint density at radius 2 is 2.00 bits per heavy atom. The lowest BCUT2D eigenvalue weighted by atomic mass is 10.1. The van der Waals surface area contributed by atoms with Crippen molar-refractivity contribution in [3.8, 4) is 0 Å². The molecule has 0 saturated heterocycles. The third kappa shape index (κ3) is 4.67. The normalized spacial score (nSPS) is 12.2. The van der Waals surface area contributed by atoms with Crippen LogP contribution in [0.15, 0.2) is 24.3 Å². The molecule has 1 atom stereocenters. The van der Waals surface area contributed by atoms with E-state index in [1.807, 2.05) is 19.1 Å². The van der Waals surface area contributed by atoms with Gasteiger partial charge in [-0.1, -0.05) is 37.1 Å². The zero-order chi connectivity index (χ0) is 12.0. The van der Waals surface area contributed by atoms with Crippen LogP contribution in [-0.2, 0) is 11.2 Å². The smallest absolute Gasteiger partial charge is 0.224 e. The van der Waals surface area contributed by atoms with Crippen molar-refractivity contribution in [1.82, 2.24) is 5.32 Å². The van der Waals surface area contributed by atoms with Crippen LogP contribution in [0.3, 0.4) is 0 Å². The number of nitrogens with one attached hydrogen (secondary N) is 1. The van der Waals surface area contributed by atoms with E-state index in [0.29, 0.717) is 11.4 Å².